The highest BCUT2D eigenvalue weighted by Crippen LogP contribution is 2.24. The molecule has 200 valence electrons. The van der Waals surface area contributed by atoms with E-state index in [1.807, 2.05) is 49.9 Å². The summed E-state index contributed by atoms with van der Waals surface area (Å²) in [5.74, 6) is 0.332. The summed E-state index contributed by atoms with van der Waals surface area (Å²) >= 11 is 0. The highest BCUT2D eigenvalue weighted by Gasteiger charge is 2.31. The molecule has 0 spiro atoms. The lowest BCUT2D eigenvalue weighted by molar-refractivity contribution is -0.140. The zero-order valence-corrected chi connectivity index (χ0v) is 22.7. The van der Waals surface area contributed by atoms with Crippen LogP contribution >= 0.6 is 0 Å². The molecule has 8 nitrogen and oxygen atoms in total. The van der Waals surface area contributed by atoms with Crippen molar-refractivity contribution in [1.29, 1.82) is 5.26 Å². The molecule has 1 aromatic heterocycles. The van der Waals surface area contributed by atoms with Crippen LogP contribution in [0.5, 0.6) is 0 Å². The van der Waals surface area contributed by atoms with Crippen LogP contribution in [0.3, 0.4) is 0 Å². The number of hydrogen-bond donors (Lipinski definition) is 0. The van der Waals surface area contributed by atoms with E-state index in [1.54, 1.807) is 17.0 Å². The minimum atomic E-state index is -0.429. The normalized spacial score (nSPS) is 17.2. The van der Waals surface area contributed by atoms with E-state index in [0.717, 1.165) is 32.5 Å². The number of likely N-dealkylation sites (tertiary alicyclic amines) is 1. The van der Waals surface area contributed by atoms with Crippen molar-refractivity contribution in [2.24, 2.45) is 11.3 Å². The van der Waals surface area contributed by atoms with Gasteiger partial charge in [0.15, 0.2) is 5.78 Å². The number of hydrogen-bond acceptors (Lipinski definition) is 6. The van der Waals surface area contributed by atoms with Gasteiger partial charge in [-0.15, -0.1) is 0 Å². The summed E-state index contributed by atoms with van der Waals surface area (Å²) in [5.41, 5.74) is 2.30. The Morgan fingerprint density at radius 2 is 1.55 bits per heavy atom. The SMILES string of the molecule is CC(C)(C)C(=O)N1CCN(C(=O)c2ccc(C(=O)CC3CCN(Cc4ccc(C#N)cc4)CC3)nc2)CC1. The molecule has 0 N–H and O–H groups in total. The van der Waals surface area contributed by atoms with Crippen molar-refractivity contribution >= 4 is 17.6 Å². The summed E-state index contributed by atoms with van der Waals surface area (Å²) in [6, 6.07) is 13.2. The Hall–Kier alpha value is -3.57. The number of rotatable bonds is 6. The van der Waals surface area contributed by atoms with Crippen molar-refractivity contribution < 1.29 is 14.4 Å². The third kappa shape index (κ3) is 6.84. The minimum Gasteiger partial charge on any atom is -0.339 e. The van der Waals surface area contributed by atoms with Gasteiger partial charge in [-0.1, -0.05) is 32.9 Å². The smallest absolute Gasteiger partial charge is 0.255 e. The first-order chi connectivity index (χ1) is 18.1. The molecule has 0 unspecified atom stereocenters. The zero-order chi connectivity index (χ0) is 27.3. The van der Waals surface area contributed by atoms with Crippen LogP contribution in [0, 0.1) is 22.7 Å². The average molecular weight is 516 g/mol. The van der Waals surface area contributed by atoms with E-state index in [-0.39, 0.29) is 17.6 Å². The highest BCUT2D eigenvalue weighted by molar-refractivity contribution is 5.97. The number of carbonyl (C=O) groups excluding carboxylic acids is 3. The molecular weight excluding hydrogens is 478 g/mol. The van der Waals surface area contributed by atoms with Gasteiger partial charge in [0.05, 0.1) is 17.2 Å². The molecule has 2 aliphatic rings. The second kappa shape index (κ2) is 11.9. The monoisotopic (exact) mass is 515 g/mol. The Balaban J connectivity index is 1.23. The molecule has 1 aromatic carbocycles. The molecule has 3 heterocycles. The van der Waals surface area contributed by atoms with Crippen LogP contribution in [-0.2, 0) is 11.3 Å². The van der Waals surface area contributed by atoms with Crippen molar-refractivity contribution in [1.82, 2.24) is 19.7 Å². The van der Waals surface area contributed by atoms with Gasteiger partial charge in [-0.2, -0.15) is 5.26 Å². The number of carbonyl (C=O) groups is 3. The molecule has 2 aromatic rings. The molecule has 0 atom stereocenters. The number of nitrogens with zero attached hydrogens (tertiary/aromatic N) is 5. The number of pyridine rings is 1. The van der Waals surface area contributed by atoms with Crippen molar-refractivity contribution in [2.45, 2.75) is 46.6 Å². The van der Waals surface area contributed by atoms with Gasteiger partial charge in [-0.05, 0) is 61.7 Å². The second-order valence-electron chi connectivity index (χ2n) is 11.4. The van der Waals surface area contributed by atoms with Crippen molar-refractivity contribution in [3.63, 3.8) is 0 Å². The third-order valence-corrected chi connectivity index (χ3v) is 7.46. The molecule has 38 heavy (non-hydrogen) atoms. The fourth-order valence-corrected chi connectivity index (χ4v) is 5.11. The van der Waals surface area contributed by atoms with Gasteiger partial charge in [-0.25, -0.2) is 0 Å². The summed E-state index contributed by atoms with van der Waals surface area (Å²) in [6.07, 6.45) is 3.89. The number of benzene rings is 1. The lowest BCUT2D eigenvalue weighted by Gasteiger charge is -2.37. The van der Waals surface area contributed by atoms with Crippen LogP contribution in [0.1, 0.15) is 72.0 Å². The van der Waals surface area contributed by atoms with E-state index in [0.29, 0.717) is 55.3 Å². The fourth-order valence-electron chi connectivity index (χ4n) is 5.11. The van der Waals surface area contributed by atoms with Crippen LogP contribution in [0.4, 0.5) is 0 Å². The molecule has 0 saturated carbocycles. The van der Waals surface area contributed by atoms with E-state index in [4.69, 9.17) is 5.26 Å². The van der Waals surface area contributed by atoms with Crippen LogP contribution in [0.2, 0.25) is 0 Å². The standard InChI is InChI=1S/C30H37N5O3/c1-30(2,3)29(38)35-16-14-34(15-17-35)28(37)25-8-9-26(32-20-25)27(36)18-22-10-12-33(13-11-22)21-24-6-4-23(19-31)5-7-24/h4-9,20,22H,10-18,21H2,1-3H3. The van der Waals surface area contributed by atoms with E-state index < -0.39 is 5.41 Å². The first-order valence-corrected chi connectivity index (χ1v) is 13.4. The highest BCUT2D eigenvalue weighted by atomic mass is 16.2. The van der Waals surface area contributed by atoms with Crippen molar-refractivity contribution in [3.05, 3.63) is 65.0 Å². The van der Waals surface area contributed by atoms with Gasteiger partial charge < -0.3 is 9.80 Å². The Morgan fingerprint density at radius 3 is 2.11 bits per heavy atom. The maximum atomic E-state index is 12.9. The van der Waals surface area contributed by atoms with Crippen LogP contribution in [0.15, 0.2) is 42.6 Å². The van der Waals surface area contributed by atoms with Gasteiger partial charge in [0.1, 0.15) is 5.69 Å². The first kappa shape index (κ1) is 27.5. The molecule has 4 rings (SSSR count). The summed E-state index contributed by atoms with van der Waals surface area (Å²) in [6.45, 7) is 10.5. The minimum absolute atomic E-state index is 0.0175. The lowest BCUT2D eigenvalue weighted by atomic mass is 9.90. The zero-order valence-electron chi connectivity index (χ0n) is 22.7. The molecule has 2 fully saturated rings. The van der Waals surface area contributed by atoms with Gasteiger partial charge in [0, 0.05) is 50.8 Å². The Kier molecular flexibility index (Phi) is 8.58. The number of piperazine rings is 1. The summed E-state index contributed by atoms with van der Waals surface area (Å²) in [7, 11) is 0. The van der Waals surface area contributed by atoms with Gasteiger partial charge >= 0.3 is 0 Å². The van der Waals surface area contributed by atoms with Crippen molar-refractivity contribution in [3.8, 4) is 6.07 Å². The van der Waals surface area contributed by atoms with E-state index in [9.17, 15) is 14.4 Å². The number of nitriles is 1. The molecule has 0 aliphatic carbocycles. The van der Waals surface area contributed by atoms with Crippen molar-refractivity contribution in [2.75, 3.05) is 39.3 Å². The summed E-state index contributed by atoms with van der Waals surface area (Å²) in [4.78, 5) is 48.6. The Labute approximate surface area is 225 Å². The molecule has 0 bridgehead atoms. The maximum Gasteiger partial charge on any atom is 0.255 e. The Bertz CT molecular complexity index is 1180. The molecular formula is C30H37N5O3. The fraction of sp³-hybridized carbons (Fsp3) is 0.500. The Morgan fingerprint density at radius 1 is 0.921 bits per heavy atom. The largest absolute Gasteiger partial charge is 0.339 e. The molecule has 2 aliphatic heterocycles. The first-order valence-electron chi connectivity index (χ1n) is 13.4. The quantitative estimate of drug-likeness (QED) is 0.544. The van der Waals surface area contributed by atoms with Crippen LogP contribution in [-0.4, -0.2) is 76.5 Å². The van der Waals surface area contributed by atoms with Gasteiger partial charge in [0.2, 0.25) is 5.91 Å². The third-order valence-electron chi connectivity index (χ3n) is 7.46. The molecule has 2 saturated heterocycles. The van der Waals surface area contributed by atoms with E-state index in [1.165, 1.54) is 11.8 Å². The van der Waals surface area contributed by atoms with Gasteiger partial charge in [0.25, 0.3) is 5.91 Å². The number of Topliss-reactive ketones (excluding diaryl/α,β-unsaturated/α-hetero) is 1. The molecule has 8 heteroatoms. The number of amides is 2. The molecule has 0 radical (unpaired) electrons. The van der Waals surface area contributed by atoms with Crippen LogP contribution in [0.25, 0.3) is 0 Å². The number of aromatic nitrogens is 1. The number of ketones is 1. The van der Waals surface area contributed by atoms with E-state index in [2.05, 4.69) is 16.0 Å². The second-order valence-corrected chi connectivity index (χ2v) is 11.4. The topological polar surface area (TPSA) is 97.6 Å². The van der Waals surface area contributed by atoms with Crippen LogP contribution < -0.4 is 0 Å². The summed E-state index contributed by atoms with van der Waals surface area (Å²) < 4.78 is 0. The predicted molar refractivity (Wildman–Crippen MR) is 144 cm³/mol. The molecule has 2 amide bonds. The van der Waals surface area contributed by atoms with Gasteiger partial charge in [-0.3, -0.25) is 24.3 Å². The lowest BCUT2D eigenvalue weighted by Crippen LogP contribution is -2.53. The predicted octanol–water partition coefficient (Wildman–Crippen LogP) is 3.77. The summed E-state index contributed by atoms with van der Waals surface area (Å²) in [5, 5.41) is 8.95. The number of piperidine rings is 1. The average Bonchev–Trinajstić information content (AvgIpc) is 2.93. The van der Waals surface area contributed by atoms with E-state index >= 15 is 0 Å². The maximum absolute atomic E-state index is 12.9.